The lowest BCUT2D eigenvalue weighted by Gasteiger charge is -2.09. The van der Waals surface area contributed by atoms with E-state index in [9.17, 15) is 22.4 Å². The summed E-state index contributed by atoms with van der Waals surface area (Å²) in [5.41, 5.74) is -0.877. The third-order valence-corrected chi connectivity index (χ3v) is 3.83. The zero-order chi connectivity index (χ0) is 19.4. The Morgan fingerprint density at radius 3 is 2.30 bits per heavy atom. The molecule has 27 heavy (non-hydrogen) atoms. The van der Waals surface area contributed by atoms with Crippen LogP contribution >= 0.6 is 0 Å². The summed E-state index contributed by atoms with van der Waals surface area (Å²) in [5, 5.41) is 0. The minimum atomic E-state index is -4.88. The highest BCUT2D eigenvalue weighted by molar-refractivity contribution is 6.08. The lowest BCUT2D eigenvalue weighted by Crippen LogP contribution is -2.11. The fraction of sp³-hybridized carbons (Fsp3) is 0.158. The van der Waals surface area contributed by atoms with Gasteiger partial charge in [-0.15, -0.1) is 0 Å². The van der Waals surface area contributed by atoms with Gasteiger partial charge in [0.25, 0.3) is 0 Å². The van der Waals surface area contributed by atoms with Gasteiger partial charge in [0, 0.05) is 36.3 Å². The Morgan fingerprint density at radius 2 is 1.67 bits per heavy atom. The van der Waals surface area contributed by atoms with Crippen LogP contribution < -0.4 is 0 Å². The van der Waals surface area contributed by atoms with Crippen LogP contribution in [0.1, 0.15) is 33.0 Å². The lowest BCUT2D eigenvalue weighted by atomic mass is 10.0. The maximum Gasteiger partial charge on any atom is 0.419 e. The van der Waals surface area contributed by atoms with E-state index >= 15 is 0 Å². The van der Waals surface area contributed by atoms with Crippen molar-refractivity contribution < 1.29 is 22.4 Å². The second-order valence-electron chi connectivity index (χ2n) is 5.73. The molecule has 0 aliphatic heterocycles. The molecular weight excluding hydrogens is 362 g/mol. The topological polar surface area (TPSA) is 55.7 Å². The Hall–Kier alpha value is -3.16. The molecule has 0 saturated heterocycles. The molecule has 138 valence electrons. The molecule has 2 aromatic heterocycles. The van der Waals surface area contributed by atoms with Gasteiger partial charge in [-0.2, -0.15) is 13.2 Å². The number of benzene rings is 1. The van der Waals surface area contributed by atoms with Crippen molar-refractivity contribution in [3.63, 3.8) is 0 Å². The molecule has 0 atom stereocenters. The molecular formula is C19H13F4N3O. The number of carbonyl (C=O) groups excluding carboxylic acids is 1. The van der Waals surface area contributed by atoms with Crippen LogP contribution in [-0.2, 0) is 19.0 Å². The Bertz CT molecular complexity index is 941. The van der Waals surface area contributed by atoms with Crippen molar-refractivity contribution in [2.45, 2.75) is 19.0 Å². The molecule has 4 nitrogen and oxygen atoms in total. The van der Waals surface area contributed by atoms with Crippen LogP contribution in [0, 0.1) is 5.82 Å². The molecule has 2 heterocycles. The summed E-state index contributed by atoms with van der Waals surface area (Å²) in [6.07, 6.45) is 0.406. The number of carbonyl (C=O) groups is 1. The minimum absolute atomic E-state index is 0.0244. The van der Waals surface area contributed by atoms with Gasteiger partial charge in [-0.25, -0.2) is 14.4 Å². The highest BCUT2D eigenvalue weighted by atomic mass is 19.4. The highest BCUT2D eigenvalue weighted by Crippen LogP contribution is 2.32. The zero-order valence-electron chi connectivity index (χ0n) is 13.9. The lowest BCUT2D eigenvalue weighted by molar-refractivity contribution is -0.140. The Kier molecular flexibility index (Phi) is 5.25. The number of halogens is 4. The summed E-state index contributed by atoms with van der Waals surface area (Å²) < 4.78 is 51.7. The summed E-state index contributed by atoms with van der Waals surface area (Å²) >= 11 is 0. The van der Waals surface area contributed by atoms with E-state index in [0.29, 0.717) is 30.8 Å². The van der Waals surface area contributed by atoms with Crippen LogP contribution in [0.5, 0.6) is 0 Å². The standard InChI is InChI=1S/C19H13F4N3O/c20-16-6-4-12(9-15(16)19(21,22)23)18(27)13-10-25-17(26-11-13)7-5-14-3-1-2-8-24-14/h1-4,6,8-11H,5,7H2. The van der Waals surface area contributed by atoms with Gasteiger partial charge in [0.15, 0.2) is 5.78 Å². The summed E-state index contributed by atoms with van der Waals surface area (Å²) in [6, 6.07) is 7.65. The first-order valence-electron chi connectivity index (χ1n) is 7.97. The van der Waals surface area contributed by atoms with Crippen molar-refractivity contribution in [3.8, 4) is 0 Å². The Morgan fingerprint density at radius 1 is 0.926 bits per heavy atom. The van der Waals surface area contributed by atoms with Crippen LogP contribution in [0.2, 0.25) is 0 Å². The first-order valence-corrected chi connectivity index (χ1v) is 7.97. The van der Waals surface area contributed by atoms with E-state index < -0.39 is 23.3 Å². The van der Waals surface area contributed by atoms with E-state index in [1.165, 1.54) is 12.4 Å². The van der Waals surface area contributed by atoms with Gasteiger partial charge in [0.05, 0.1) is 11.1 Å². The first kappa shape index (κ1) is 18.6. The van der Waals surface area contributed by atoms with E-state index in [1.54, 1.807) is 12.3 Å². The number of rotatable bonds is 5. The van der Waals surface area contributed by atoms with Gasteiger partial charge in [0.1, 0.15) is 11.6 Å². The summed E-state index contributed by atoms with van der Waals surface area (Å²) in [4.78, 5) is 24.7. The maximum absolute atomic E-state index is 13.3. The van der Waals surface area contributed by atoms with Crippen LogP contribution in [-0.4, -0.2) is 20.7 Å². The predicted octanol–water partition coefficient (Wildman–Crippen LogP) is 4.05. The first-order chi connectivity index (χ1) is 12.8. The van der Waals surface area contributed by atoms with Crippen molar-refractivity contribution in [1.82, 2.24) is 15.0 Å². The molecule has 8 heteroatoms. The predicted molar refractivity (Wildman–Crippen MR) is 88.5 cm³/mol. The van der Waals surface area contributed by atoms with E-state index in [1.807, 2.05) is 12.1 Å². The minimum Gasteiger partial charge on any atom is -0.288 e. The Labute approximate surface area is 151 Å². The number of alkyl halides is 3. The summed E-state index contributed by atoms with van der Waals surface area (Å²) in [5.74, 6) is -1.66. The van der Waals surface area contributed by atoms with E-state index in [4.69, 9.17) is 0 Å². The van der Waals surface area contributed by atoms with E-state index in [2.05, 4.69) is 15.0 Å². The normalized spacial score (nSPS) is 11.4. The van der Waals surface area contributed by atoms with Crippen LogP contribution in [0.4, 0.5) is 17.6 Å². The van der Waals surface area contributed by atoms with Crippen molar-refractivity contribution in [2.24, 2.45) is 0 Å². The quantitative estimate of drug-likeness (QED) is 0.499. The van der Waals surface area contributed by atoms with E-state index in [-0.39, 0.29) is 11.1 Å². The molecule has 0 spiro atoms. The molecule has 0 N–H and O–H groups in total. The molecule has 0 radical (unpaired) electrons. The summed E-state index contributed by atoms with van der Waals surface area (Å²) in [6.45, 7) is 0. The third kappa shape index (κ3) is 4.52. The molecule has 3 aromatic rings. The number of aromatic nitrogens is 3. The second-order valence-corrected chi connectivity index (χ2v) is 5.73. The molecule has 1 aromatic carbocycles. The molecule has 0 aliphatic carbocycles. The number of hydrogen-bond acceptors (Lipinski definition) is 4. The number of pyridine rings is 1. The van der Waals surface area contributed by atoms with E-state index in [0.717, 1.165) is 11.8 Å². The van der Waals surface area contributed by atoms with Gasteiger partial charge >= 0.3 is 6.18 Å². The monoisotopic (exact) mass is 375 g/mol. The van der Waals surface area contributed by atoms with Crippen LogP contribution in [0.25, 0.3) is 0 Å². The largest absolute Gasteiger partial charge is 0.419 e. The van der Waals surface area contributed by atoms with Crippen molar-refractivity contribution >= 4 is 5.78 Å². The van der Waals surface area contributed by atoms with Crippen LogP contribution in [0.15, 0.2) is 55.0 Å². The third-order valence-electron chi connectivity index (χ3n) is 3.83. The van der Waals surface area contributed by atoms with Gasteiger partial charge in [0.2, 0.25) is 0 Å². The molecule has 0 bridgehead atoms. The number of ketones is 1. The maximum atomic E-state index is 13.3. The molecule has 0 unspecified atom stereocenters. The fourth-order valence-electron chi connectivity index (χ4n) is 2.44. The average molecular weight is 375 g/mol. The molecule has 0 fully saturated rings. The number of aryl methyl sites for hydroxylation is 2. The number of nitrogens with zero attached hydrogens (tertiary/aromatic N) is 3. The summed E-state index contributed by atoms with van der Waals surface area (Å²) in [7, 11) is 0. The molecule has 0 saturated carbocycles. The van der Waals surface area contributed by atoms with Gasteiger partial charge in [-0.05, 0) is 36.8 Å². The fourth-order valence-corrected chi connectivity index (χ4v) is 2.44. The highest BCUT2D eigenvalue weighted by Gasteiger charge is 2.34. The Balaban J connectivity index is 1.74. The van der Waals surface area contributed by atoms with Gasteiger partial charge in [-0.3, -0.25) is 9.78 Å². The smallest absolute Gasteiger partial charge is 0.288 e. The zero-order valence-corrected chi connectivity index (χ0v) is 13.9. The molecule has 0 aliphatic rings. The van der Waals surface area contributed by atoms with Crippen molar-refractivity contribution in [3.05, 3.63) is 89.0 Å². The average Bonchev–Trinajstić information content (AvgIpc) is 2.66. The van der Waals surface area contributed by atoms with Crippen molar-refractivity contribution in [2.75, 3.05) is 0 Å². The second kappa shape index (κ2) is 7.61. The molecule has 0 amide bonds. The van der Waals surface area contributed by atoms with Crippen LogP contribution in [0.3, 0.4) is 0 Å². The molecule has 3 rings (SSSR count). The van der Waals surface area contributed by atoms with Crippen molar-refractivity contribution in [1.29, 1.82) is 0 Å². The van der Waals surface area contributed by atoms with Gasteiger partial charge in [-0.1, -0.05) is 6.07 Å². The SMILES string of the molecule is O=C(c1cnc(CCc2ccccn2)nc1)c1ccc(F)c(C(F)(F)F)c1. The van der Waals surface area contributed by atoms with Gasteiger partial charge < -0.3 is 0 Å². The number of hydrogen-bond donors (Lipinski definition) is 0.